The van der Waals surface area contributed by atoms with Gasteiger partial charge in [0.2, 0.25) is 0 Å². The van der Waals surface area contributed by atoms with Gasteiger partial charge in [-0.2, -0.15) is 5.26 Å². The molecule has 0 aliphatic heterocycles. The molecule has 1 aromatic carbocycles. The fraction of sp³-hybridized carbons (Fsp3) is 0.588. The van der Waals surface area contributed by atoms with Gasteiger partial charge in [0.05, 0.1) is 11.3 Å². The summed E-state index contributed by atoms with van der Waals surface area (Å²) >= 11 is 3.44. The summed E-state index contributed by atoms with van der Waals surface area (Å²) in [5.41, 5.74) is 2.98. The Morgan fingerprint density at radius 3 is 2.33 bits per heavy atom. The van der Waals surface area contributed by atoms with Crippen molar-refractivity contribution in [1.29, 1.82) is 5.26 Å². The van der Waals surface area contributed by atoms with Gasteiger partial charge in [0.25, 0.3) is 0 Å². The zero-order valence-electron chi connectivity index (χ0n) is 13.4. The molecule has 0 unspecified atom stereocenters. The molecule has 0 fully saturated rings. The molecule has 3 nitrogen and oxygen atoms in total. The van der Waals surface area contributed by atoms with E-state index in [1.165, 1.54) is 0 Å². The lowest BCUT2D eigenvalue weighted by Crippen LogP contribution is -2.30. The Balaban J connectivity index is 2.74. The number of rotatable bonds is 9. The molecule has 0 heterocycles. The average Bonchev–Trinajstić information content (AvgIpc) is 2.55. The summed E-state index contributed by atoms with van der Waals surface area (Å²) in [6.07, 6.45) is 1.13. The topological polar surface area (TPSA) is 30.3 Å². The van der Waals surface area contributed by atoms with Crippen LogP contribution in [0.4, 0.5) is 5.69 Å². The maximum atomic E-state index is 9.37. The predicted octanol–water partition coefficient (Wildman–Crippen LogP) is 4.01. The summed E-state index contributed by atoms with van der Waals surface area (Å²) in [5.74, 6) is 0. The van der Waals surface area contributed by atoms with Crippen LogP contribution in [0.5, 0.6) is 0 Å². The van der Waals surface area contributed by atoms with Crippen LogP contribution in [0.3, 0.4) is 0 Å². The van der Waals surface area contributed by atoms with Gasteiger partial charge in [-0.05, 0) is 50.7 Å². The second kappa shape index (κ2) is 9.81. The first-order chi connectivity index (χ1) is 10.2. The first kappa shape index (κ1) is 18.0. The van der Waals surface area contributed by atoms with Crippen molar-refractivity contribution in [3.8, 4) is 6.07 Å². The third-order valence-corrected chi connectivity index (χ3v) is 4.50. The van der Waals surface area contributed by atoms with Gasteiger partial charge in [-0.1, -0.05) is 35.8 Å². The Bertz CT molecular complexity index is 464. The van der Waals surface area contributed by atoms with E-state index in [9.17, 15) is 5.26 Å². The quantitative estimate of drug-likeness (QED) is 0.629. The molecule has 4 heteroatoms. The van der Waals surface area contributed by atoms with Crippen LogP contribution in [-0.2, 0) is 5.33 Å². The van der Waals surface area contributed by atoms with Crippen LogP contribution < -0.4 is 4.90 Å². The van der Waals surface area contributed by atoms with Gasteiger partial charge in [-0.3, -0.25) is 0 Å². The molecule has 0 atom stereocenters. The summed E-state index contributed by atoms with van der Waals surface area (Å²) in [4.78, 5) is 4.74. The zero-order chi connectivity index (χ0) is 15.7. The number of hydrogen-bond donors (Lipinski definition) is 0. The highest BCUT2D eigenvalue weighted by atomic mass is 79.9. The number of halogens is 1. The van der Waals surface area contributed by atoms with Crippen molar-refractivity contribution in [2.45, 2.75) is 32.5 Å². The summed E-state index contributed by atoms with van der Waals surface area (Å²) in [6.45, 7) is 11.8. The second-order valence-corrected chi connectivity index (χ2v) is 5.62. The molecule has 0 spiro atoms. The van der Waals surface area contributed by atoms with E-state index in [-0.39, 0.29) is 0 Å². The molecule has 0 N–H and O–H groups in total. The third-order valence-electron chi connectivity index (χ3n) is 3.85. The summed E-state index contributed by atoms with van der Waals surface area (Å²) in [5, 5.41) is 10.2. The van der Waals surface area contributed by atoms with E-state index >= 15 is 0 Å². The van der Waals surface area contributed by atoms with Crippen LogP contribution in [0.1, 0.15) is 38.3 Å². The predicted molar refractivity (Wildman–Crippen MR) is 94.1 cm³/mol. The smallest absolute Gasteiger partial charge is 0.101 e. The molecule has 0 saturated heterocycles. The molecule has 0 aliphatic carbocycles. The number of anilines is 1. The summed E-state index contributed by atoms with van der Waals surface area (Å²) < 4.78 is 0. The van der Waals surface area contributed by atoms with Gasteiger partial charge in [0, 0.05) is 18.4 Å². The second-order valence-electron chi connectivity index (χ2n) is 5.06. The number of benzene rings is 1. The maximum absolute atomic E-state index is 9.37. The minimum Gasteiger partial charge on any atom is -0.371 e. The van der Waals surface area contributed by atoms with Crippen LogP contribution >= 0.6 is 15.9 Å². The van der Waals surface area contributed by atoms with E-state index < -0.39 is 0 Å². The van der Waals surface area contributed by atoms with Crippen LogP contribution in [0.15, 0.2) is 18.2 Å². The highest BCUT2D eigenvalue weighted by molar-refractivity contribution is 9.08. The molecule has 0 saturated carbocycles. The maximum Gasteiger partial charge on any atom is 0.101 e. The molecule has 0 aromatic heterocycles. The fourth-order valence-electron chi connectivity index (χ4n) is 2.51. The van der Waals surface area contributed by atoms with Crippen LogP contribution in [-0.4, -0.2) is 37.6 Å². The average molecular weight is 352 g/mol. The highest BCUT2D eigenvalue weighted by Crippen LogP contribution is 2.22. The lowest BCUT2D eigenvalue weighted by atomic mass is 10.1. The van der Waals surface area contributed by atoms with Crippen molar-refractivity contribution < 1.29 is 0 Å². The molecule has 0 radical (unpaired) electrons. The summed E-state index contributed by atoms with van der Waals surface area (Å²) in [7, 11) is 0. The van der Waals surface area contributed by atoms with Crippen molar-refractivity contribution in [3.05, 3.63) is 29.3 Å². The van der Waals surface area contributed by atoms with Crippen molar-refractivity contribution >= 4 is 21.6 Å². The van der Waals surface area contributed by atoms with E-state index in [4.69, 9.17) is 0 Å². The zero-order valence-corrected chi connectivity index (χ0v) is 15.0. The van der Waals surface area contributed by atoms with E-state index in [0.717, 1.165) is 61.3 Å². The molecule has 0 bridgehead atoms. The minimum atomic E-state index is 0.775. The van der Waals surface area contributed by atoms with Gasteiger partial charge in [-0.25, -0.2) is 0 Å². The number of hydrogen-bond acceptors (Lipinski definition) is 3. The molecular formula is C17H26BrN3. The van der Waals surface area contributed by atoms with E-state index in [2.05, 4.69) is 64.7 Å². The summed E-state index contributed by atoms with van der Waals surface area (Å²) in [6, 6.07) is 8.49. The number of nitriles is 1. The Morgan fingerprint density at radius 1 is 1.10 bits per heavy atom. The molecule has 0 amide bonds. The van der Waals surface area contributed by atoms with Gasteiger partial charge in [0.15, 0.2) is 0 Å². The first-order valence-corrected chi connectivity index (χ1v) is 8.88. The number of alkyl halides is 1. The highest BCUT2D eigenvalue weighted by Gasteiger charge is 2.11. The van der Waals surface area contributed by atoms with Crippen LogP contribution in [0.25, 0.3) is 0 Å². The Labute approximate surface area is 137 Å². The molecular weight excluding hydrogens is 326 g/mol. The molecule has 1 aromatic rings. The molecule has 116 valence electrons. The Hall–Kier alpha value is -1.05. The van der Waals surface area contributed by atoms with Gasteiger partial charge < -0.3 is 9.80 Å². The van der Waals surface area contributed by atoms with Crippen molar-refractivity contribution in [2.75, 3.05) is 37.6 Å². The van der Waals surface area contributed by atoms with E-state index in [0.29, 0.717) is 0 Å². The molecule has 0 aliphatic rings. The lowest BCUT2D eigenvalue weighted by molar-refractivity contribution is 0.301. The van der Waals surface area contributed by atoms with Gasteiger partial charge in [-0.15, -0.1) is 0 Å². The minimum absolute atomic E-state index is 0.775. The van der Waals surface area contributed by atoms with Crippen molar-refractivity contribution in [1.82, 2.24) is 4.90 Å². The molecule has 21 heavy (non-hydrogen) atoms. The van der Waals surface area contributed by atoms with Crippen molar-refractivity contribution in [3.63, 3.8) is 0 Å². The fourth-order valence-corrected chi connectivity index (χ4v) is 2.85. The van der Waals surface area contributed by atoms with E-state index in [1.54, 1.807) is 0 Å². The lowest BCUT2D eigenvalue weighted by Gasteiger charge is -2.26. The first-order valence-electron chi connectivity index (χ1n) is 7.76. The molecule has 1 rings (SSSR count). The van der Waals surface area contributed by atoms with Crippen molar-refractivity contribution in [2.24, 2.45) is 0 Å². The van der Waals surface area contributed by atoms with Gasteiger partial charge >= 0.3 is 0 Å². The van der Waals surface area contributed by atoms with Gasteiger partial charge in [0.1, 0.15) is 6.07 Å². The normalized spacial score (nSPS) is 10.7. The van der Waals surface area contributed by atoms with Crippen LogP contribution in [0.2, 0.25) is 0 Å². The SMILES string of the molecule is CCN(CC)CCCN(CC)c1ccc(CBr)cc1C#N. The van der Waals surface area contributed by atoms with E-state index in [1.807, 2.05) is 6.07 Å². The Kier molecular flexibility index (Phi) is 8.41. The standard InChI is InChI=1S/C17H26BrN3/c1-4-20(5-2)10-7-11-21(6-3)17-9-8-15(13-18)12-16(17)14-19/h8-9,12H,4-7,10-11,13H2,1-3H3. The monoisotopic (exact) mass is 351 g/mol. The third kappa shape index (κ3) is 5.33. The van der Waals surface area contributed by atoms with Crippen LogP contribution in [0, 0.1) is 11.3 Å². The number of nitrogens with zero attached hydrogens (tertiary/aromatic N) is 3. The Morgan fingerprint density at radius 2 is 1.81 bits per heavy atom. The largest absolute Gasteiger partial charge is 0.371 e.